The number of benzene rings is 3. The SMILES string of the molecule is C[C@H](NS(=O)(=O)c1ccc(OCC(=O)Nc2cccc(Cl)c2Cl)cc1)c1ccccc1. The smallest absolute Gasteiger partial charge is 0.262 e. The minimum absolute atomic E-state index is 0.0952. The maximum atomic E-state index is 12.6. The summed E-state index contributed by atoms with van der Waals surface area (Å²) in [7, 11) is -3.72. The number of ether oxygens (including phenoxy) is 1. The van der Waals surface area contributed by atoms with Crippen LogP contribution in [0.4, 0.5) is 5.69 Å². The molecule has 6 nitrogen and oxygen atoms in total. The maximum absolute atomic E-state index is 12.6. The van der Waals surface area contributed by atoms with Crippen LogP contribution in [0.2, 0.25) is 10.0 Å². The summed E-state index contributed by atoms with van der Waals surface area (Å²) in [6, 6.07) is 19.6. The molecule has 0 saturated carbocycles. The summed E-state index contributed by atoms with van der Waals surface area (Å²) >= 11 is 12.0. The molecule has 0 aliphatic rings. The van der Waals surface area contributed by atoms with Gasteiger partial charge in [0.1, 0.15) is 5.75 Å². The predicted octanol–water partition coefficient (Wildman–Crippen LogP) is 5.05. The topological polar surface area (TPSA) is 84.5 Å². The lowest BCUT2D eigenvalue weighted by atomic mass is 10.1. The third-order valence-corrected chi connectivity index (χ3v) is 6.74. The van der Waals surface area contributed by atoms with Crippen molar-refractivity contribution in [2.75, 3.05) is 11.9 Å². The van der Waals surface area contributed by atoms with E-state index in [0.29, 0.717) is 16.5 Å². The Hall–Kier alpha value is -2.58. The van der Waals surface area contributed by atoms with E-state index < -0.39 is 15.9 Å². The van der Waals surface area contributed by atoms with E-state index in [4.69, 9.17) is 27.9 Å². The van der Waals surface area contributed by atoms with Crippen LogP contribution >= 0.6 is 23.2 Å². The molecule has 1 atom stereocenters. The summed E-state index contributed by atoms with van der Waals surface area (Å²) < 4.78 is 33.3. The zero-order valence-electron chi connectivity index (χ0n) is 16.5. The second-order valence-corrected chi connectivity index (χ2v) is 9.16. The highest BCUT2D eigenvalue weighted by molar-refractivity contribution is 7.89. The highest BCUT2D eigenvalue weighted by atomic mass is 35.5. The summed E-state index contributed by atoms with van der Waals surface area (Å²) in [5, 5.41) is 3.17. The zero-order chi connectivity index (χ0) is 22.4. The minimum atomic E-state index is -3.72. The van der Waals surface area contributed by atoms with Gasteiger partial charge in [0.05, 0.1) is 20.6 Å². The van der Waals surface area contributed by atoms with Crippen molar-refractivity contribution in [1.82, 2.24) is 4.72 Å². The minimum Gasteiger partial charge on any atom is -0.484 e. The highest BCUT2D eigenvalue weighted by Gasteiger charge is 2.18. The second kappa shape index (κ2) is 10.2. The van der Waals surface area contributed by atoms with Crippen LogP contribution in [0.5, 0.6) is 5.75 Å². The monoisotopic (exact) mass is 478 g/mol. The van der Waals surface area contributed by atoms with Gasteiger partial charge in [0.25, 0.3) is 5.91 Å². The highest BCUT2D eigenvalue weighted by Crippen LogP contribution is 2.29. The number of anilines is 1. The Kier molecular flexibility index (Phi) is 7.56. The van der Waals surface area contributed by atoms with E-state index in [0.717, 1.165) is 5.56 Å². The van der Waals surface area contributed by atoms with Gasteiger partial charge >= 0.3 is 0 Å². The van der Waals surface area contributed by atoms with Crippen molar-refractivity contribution >= 4 is 44.8 Å². The van der Waals surface area contributed by atoms with E-state index in [-0.39, 0.29) is 22.6 Å². The number of nitrogens with one attached hydrogen (secondary N) is 2. The molecule has 0 fully saturated rings. The van der Waals surface area contributed by atoms with Gasteiger partial charge in [0.15, 0.2) is 6.61 Å². The Labute approximate surface area is 191 Å². The molecule has 3 aromatic carbocycles. The van der Waals surface area contributed by atoms with Crippen LogP contribution < -0.4 is 14.8 Å². The molecule has 0 saturated heterocycles. The summed E-state index contributed by atoms with van der Waals surface area (Å²) in [4.78, 5) is 12.2. The Bertz CT molecular complexity index is 1150. The van der Waals surface area contributed by atoms with Crippen LogP contribution in [0.1, 0.15) is 18.5 Å². The average Bonchev–Trinajstić information content (AvgIpc) is 2.76. The summed E-state index contributed by atoms with van der Waals surface area (Å²) in [5.74, 6) is -0.0818. The Morgan fingerprint density at radius 1 is 0.968 bits per heavy atom. The first kappa shape index (κ1) is 23.1. The lowest BCUT2D eigenvalue weighted by Gasteiger charge is -2.15. The first-order valence-corrected chi connectivity index (χ1v) is 11.5. The molecule has 3 rings (SSSR count). The predicted molar refractivity (Wildman–Crippen MR) is 122 cm³/mol. The molecule has 0 aliphatic carbocycles. The van der Waals surface area contributed by atoms with Crippen molar-refractivity contribution in [3.63, 3.8) is 0 Å². The molecule has 9 heteroatoms. The van der Waals surface area contributed by atoms with Gasteiger partial charge in [-0.25, -0.2) is 13.1 Å². The van der Waals surface area contributed by atoms with Gasteiger partial charge in [0, 0.05) is 6.04 Å². The quantitative estimate of drug-likeness (QED) is 0.474. The van der Waals surface area contributed by atoms with Crippen LogP contribution in [0, 0.1) is 0 Å². The molecule has 0 spiro atoms. The number of amides is 1. The van der Waals surface area contributed by atoms with Crippen molar-refractivity contribution in [3.8, 4) is 5.75 Å². The summed E-state index contributed by atoms with van der Waals surface area (Å²) in [6.07, 6.45) is 0. The van der Waals surface area contributed by atoms with E-state index in [1.807, 2.05) is 30.3 Å². The number of sulfonamides is 1. The van der Waals surface area contributed by atoms with Crippen molar-refractivity contribution in [2.24, 2.45) is 0 Å². The van der Waals surface area contributed by atoms with Crippen molar-refractivity contribution in [1.29, 1.82) is 0 Å². The molecule has 0 unspecified atom stereocenters. The molecule has 0 aromatic heterocycles. The number of rotatable bonds is 8. The second-order valence-electron chi connectivity index (χ2n) is 6.66. The fraction of sp³-hybridized carbons (Fsp3) is 0.136. The van der Waals surface area contributed by atoms with Crippen LogP contribution in [0.15, 0.2) is 77.7 Å². The fourth-order valence-electron chi connectivity index (χ4n) is 2.76. The molecular weight excluding hydrogens is 459 g/mol. The number of carbonyl (C=O) groups is 1. The third-order valence-electron chi connectivity index (χ3n) is 4.36. The average molecular weight is 479 g/mol. The van der Waals surface area contributed by atoms with Crippen LogP contribution in [-0.2, 0) is 14.8 Å². The van der Waals surface area contributed by atoms with Gasteiger partial charge < -0.3 is 10.1 Å². The van der Waals surface area contributed by atoms with E-state index in [2.05, 4.69) is 10.0 Å². The largest absolute Gasteiger partial charge is 0.484 e. The van der Waals surface area contributed by atoms with Gasteiger partial charge in [-0.1, -0.05) is 59.6 Å². The molecule has 0 bridgehead atoms. The van der Waals surface area contributed by atoms with Gasteiger partial charge in [-0.15, -0.1) is 0 Å². The normalized spacial score (nSPS) is 12.2. The lowest BCUT2D eigenvalue weighted by molar-refractivity contribution is -0.118. The Morgan fingerprint density at radius 2 is 1.65 bits per heavy atom. The van der Waals surface area contributed by atoms with E-state index in [1.54, 1.807) is 25.1 Å². The standard InChI is InChI=1S/C22H20Cl2N2O4S/c1-15(16-6-3-2-4-7-16)26-31(28,29)18-12-10-17(11-13-18)30-14-21(27)25-20-9-5-8-19(23)22(20)24/h2-13,15,26H,14H2,1H3,(H,25,27)/t15-/m0/s1. The van der Waals surface area contributed by atoms with Crippen LogP contribution in [-0.4, -0.2) is 20.9 Å². The van der Waals surface area contributed by atoms with Crippen molar-refractivity contribution in [2.45, 2.75) is 17.9 Å². The van der Waals surface area contributed by atoms with Crippen LogP contribution in [0.25, 0.3) is 0 Å². The number of hydrogen-bond donors (Lipinski definition) is 2. The molecule has 0 aliphatic heterocycles. The van der Waals surface area contributed by atoms with Gasteiger partial charge in [-0.2, -0.15) is 0 Å². The molecule has 31 heavy (non-hydrogen) atoms. The van der Waals surface area contributed by atoms with E-state index in [9.17, 15) is 13.2 Å². The van der Waals surface area contributed by atoms with E-state index in [1.165, 1.54) is 24.3 Å². The van der Waals surface area contributed by atoms with Gasteiger partial charge in [-0.05, 0) is 48.9 Å². The number of halogens is 2. The molecule has 0 radical (unpaired) electrons. The fourth-order valence-corrected chi connectivity index (χ4v) is 4.34. The van der Waals surface area contributed by atoms with Gasteiger partial charge in [-0.3, -0.25) is 4.79 Å². The molecule has 1 amide bonds. The molecule has 3 aromatic rings. The molecule has 162 valence electrons. The number of carbonyl (C=O) groups excluding carboxylic acids is 1. The molecule has 2 N–H and O–H groups in total. The van der Waals surface area contributed by atoms with E-state index >= 15 is 0 Å². The van der Waals surface area contributed by atoms with Crippen molar-refractivity contribution in [3.05, 3.63) is 88.4 Å². The summed E-state index contributed by atoms with van der Waals surface area (Å²) in [5.41, 5.74) is 1.24. The molecular formula is C22H20Cl2N2O4S. The Morgan fingerprint density at radius 3 is 2.32 bits per heavy atom. The zero-order valence-corrected chi connectivity index (χ0v) is 18.8. The first-order valence-electron chi connectivity index (χ1n) is 9.30. The maximum Gasteiger partial charge on any atom is 0.262 e. The Balaban J connectivity index is 1.58. The molecule has 0 heterocycles. The van der Waals surface area contributed by atoms with Crippen LogP contribution in [0.3, 0.4) is 0 Å². The van der Waals surface area contributed by atoms with Gasteiger partial charge in [0.2, 0.25) is 10.0 Å². The lowest BCUT2D eigenvalue weighted by Crippen LogP contribution is -2.26. The third kappa shape index (κ3) is 6.21. The van der Waals surface area contributed by atoms with Crippen molar-refractivity contribution < 1.29 is 17.9 Å². The number of hydrogen-bond acceptors (Lipinski definition) is 4. The summed E-state index contributed by atoms with van der Waals surface area (Å²) in [6.45, 7) is 1.49. The first-order chi connectivity index (χ1) is 14.8.